The molecule has 2 atom stereocenters. The van der Waals surface area contributed by atoms with Gasteiger partial charge in [-0.25, -0.2) is 0 Å². The maximum absolute atomic E-state index is 7.29. The van der Waals surface area contributed by atoms with Gasteiger partial charge in [0.2, 0.25) is 0 Å². The zero-order valence-corrected chi connectivity index (χ0v) is 18.5. The molecule has 1 aliphatic heterocycles. The minimum atomic E-state index is -0.533. The smallest absolute Gasteiger partial charge is 0.137 e. The van der Waals surface area contributed by atoms with Crippen LogP contribution in [0.25, 0.3) is 0 Å². The molecule has 3 rings (SSSR count). The Labute approximate surface area is 170 Å². The van der Waals surface area contributed by atoms with Crippen molar-refractivity contribution >= 4 is 11.6 Å². The second-order valence-corrected chi connectivity index (χ2v) is 7.55. The number of likely N-dealkylation sites (N-methyl/N-ethyl adjacent to an activating group) is 1. The molecule has 1 aliphatic carbocycles. The van der Waals surface area contributed by atoms with Crippen molar-refractivity contribution in [2.75, 3.05) is 20.7 Å². The molecule has 0 aromatic heterocycles. The van der Waals surface area contributed by atoms with Crippen molar-refractivity contribution in [2.24, 2.45) is 5.73 Å². The number of benzene rings is 1. The fourth-order valence-electron chi connectivity index (χ4n) is 4.59. The second kappa shape index (κ2) is 9.27. The number of rotatable bonds is 2. The first-order chi connectivity index (χ1) is 13.0. The van der Waals surface area contributed by atoms with Crippen LogP contribution in [0.2, 0.25) is 5.02 Å². The molecule has 0 amide bonds. The molecular formula is C23H35ClN2O. The first kappa shape index (κ1) is 22.0. The lowest BCUT2D eigenvalue weighted by Gasteiger charge is -2.48. The summed E-state index contributed by atoms with van der Waals surface area (Å²) >= 11 is 6.42. The van der Waals surface area contributed by atoms with Crippen molar-refractivity contribution in [3.8, 4) is 5.75 Å². The van der Waals surface area contributed by atoms with Gasteiger partial charge in [-0.05, 0) is 74.1 Å². The Balaban J connectivity index is 0.00000126. The Hall–Kier alpha value is -1.29. The maximum Gasteiger partial charge on any atom is 0.137 e. The van der Waals surface area contributed by atoms with Crippen LogP contribution in [0.15, 0.2) is 35.4 Å². The monoisotopic (exact) mass is 390 g/mol. The molecule has 2 unspecified atom stereocenters. The zero-order chi connectivity index (χ0) is 20.2. The molecule has 0 bridgehead atoms. The number of hydrogen-bond acceptors (Lipinski definition) is 3. The number of allylic oxidation sites excluding steroid dienone is 2. The van der Waals surface area contributed by atoms with Gasteiger partial charge in [0.05, 0.1) is 17.7 Å². The molecule has 3 nitrogen and oxygen atoms in total. The highest BCUT2D eigenvalue weighted by Gasteiger charge is 2.48. The lowest BCUT2D eigenvalue weighted by atomic mass is 9.66. The minimum Gasteiger partial charge on any atom is -0.495 e. The highest BCUT2D eigenvalue weighted by Crippen LogP contribution is 2.48. The van der Waals surface area contributed by atoms with Crippen LogP contribution in [-0.2, 0) is 12.0 Å². The Morgan fingerprint density at radius 2 is 2.04 bits per heavy atom. The molecule has 27 heavy (non-hydrogen) atoms. The van der Waals surface area contributed by atoms with Crippen LogP contribution in [0.3, 0.4) is 0 Å². The molecule has 1 heterocycles. The lowest BCUT2D eigenvalue weighted by molar-refractivity contribution is 0.158. The second-order valence-electron chi connectivity index (χ2n) is 7.14. The minimum absolute atomic E-state index is 0.279. The predicted octanol–water partition coefficient (Wildman–Crippen LogP) is 5.46. The third-order valence-electron chi connectivity index (χ3n) is 5.85. The molecule has 2 N–H and O–H groups in total. The molecule has 0 spiro atoms. The fourth-order valence-corrected chi connectivity index (χ4v) is 4.86. The quantitative estimate of drug-likeness (QED) is 0.728. The summed E-state index contributed by atoms with van der Waals surface area (Å²) in [5, 5.41) is 0.661. The van der Waals surface area contributed by atoms with Gasteiger partial charge in [-0.15, -0.1) is 0 Å². The highest BCUT2D eigenvalue weighted by molar-refractivity contribution is 6.32. The third kappa shape index (κ3) is 3.83. The van der Waals surface area contributed by atoms with E-state index in [1.807, 2.05) is 19.9 Å². The molecule has 2 aliphatic rings. The lowest BCUT2D eigenvalue weighted by Crippen LogP contribution is -2.57. The summed E-state index contributed by atoms with van der Waals surface area (Å²) in [5.41, 5.74) is 11.8. The van der Waals surface area contributed by atoms with E-state index >= 15 is 0 Å². The Bertz CT molecular complexity index is 725. The van der Waals surface area contributed by atoms with E-state index in [-0.39, 0.29) is 6.04 Å². The van der Waals surface area contributed by atoms with Gasteiger partial charge in [0, 0.05) is 12.6 Å². The van der Waals surface area contributed by atoms with Crippen LogP contribution in [-0.4, -0.2) is 31.6 Å². The average molecular weight is 391 g/mol. The third-order valence-corrected chi connectivity index (χ3v) is 6.15. The van der Waals surface area contributed by atoms with Crippen molar-refractivity contribution in [2.45, 2.75) is 65.0 Å². The van der Waals surface area contributed by atoms with Crippen LogP contribution in [0, 0.1) is 0 Å². The average Bonchev–Trinajstić information content (AvgIpc) is 2.78. The van der Waals surface area contributed by atoms with Crippen molar-refractivity contribution in [1.82, 2.24) is 4.90 Å². The van der Waals surface area contributed by atoms with E-state index in [1.165, 1.54) is 22.3 Å². The topological polar surface area (TPSA) is 38.5 Å². The molecule has 150 valence electrons. The molecule has 1 saturated carbocycles. The molecular weight excluding hydrogens is 356 g/mol. The Kier molecular flexibility index (Phi) is 7.55. The van der Waals surface area contributed by atoms with Crippen molar-refractivity contribution in [3.63, 3.8) is 0 Å². The number of nitrogens with two attached hydrogens (primary N) is 1. The van der Waals surface area contributed by atoms with E-state index < -0.39 is 5.54 Å². The number of methoxy groups -OCH3 is 1. The normalized spacial score (nSPS) is 28.1. The standard InChI is InChI=1S/C21H29ClN2O.C2H6/c1-5-7-16-14(6-2)8-9-20-21(16,23)17-13-19(25-4)18(22)12-15(17)10-11-24(20)3;1-2/h6-7,12-13,20H,5,8-11,23H2,1-4H3;1-2H3/b14-6-,16-7+;. The fraction of sp³-hybridized carbons (Fsp3) is 0.565. The van der Waals surface area contributed by atoms with Gasteiger partial charge in [0.15, 0.2) is 0 Å². The largest absolute Gasteiger partial charge is 0.495 e. The zero-order valence-electron chi connectivity index (χ0n) is 17.7. The molecule has 0 saturated heterocycles. The van der Waals surface area contributed by atoms with Gasteiger partial charge >= 0.3 is 0 Å². The Morgan fingerprint density at radius 3 is 2.63 bits per heavy atom. The maximum atomic E-state index is 7.29. The SMILES string of the molecule is C/C=C1/CCC2N(C)CCc3cc(Cl)c(OC)cc3C2(N)/C1=C/CC.CC. The number of halogens is 1. The van der Waals surface area contributed by atoms with Gasteiger partial charge in [-0.3, -0.25) is 0 Å². The van der Waals surface area contributed by atoms with Crippen LogP contribution in [0.5, 0.6) is 5.75 Å². The van der Waals surface area contributed by atoms with Gasteiger partial charge in [-0.2, -0.15) is 0 Å². The number of ether oxygens (including phenoxy) is 1. The highest BCUT2D eigenvalue weighted by atomic mass is 35.5. The first-order valence-electron chi connectivity index (χ1n) is 10.2. The summed E-state index contributed by atoms with van der Waals surface area (Å²) in [6, 6.07) is 4.40. The van der Waals surface area contributed by atoms with Gasteiger partial charge in [0.25, 0.3) is 0 Å². The van der Waals surface area contributed by atoms with E-state index in [0.717, 1.165) is 32.2 Å². The van der Waals surface area contributed by atoms with Crippen LogP contribution in [0.4, 0.5) is 0 Å². The molecule has 4 heteroatoms. The van der Waals surface area contributed by atoms with Crippen molar-refractivity contribution < 1.29 is 4.74 Å². The summed E-state index contributed by atoms with van der Waals surface area (Å²) in [5.74, 6) is 0.706. The number of nitrogens with zero attached hydrogens (tertiary/aromatic N) is 1. The molecule has 1 aromatic rings. The van der Waals surface area contributed by atoms with E-state index in [4.69, 9.17) is 22.1 Å². The summed E-state index contributed by atoms with van der Waals surface area (Å²) in [6.07, 6.45) is 8.61. The molecule has 0 radical (unpaired) electrons. The Morgan fingerprint density at radius 1 is 1.33 bits per heavy atom. The van der Waals surface area contributed by atoms with Crippen LogP contribution >= 0.6 is 11.6 Å². The van der Waals surface area contributed by atoms with E-state index in [0.29, 0.717) is 10.8 Å². The summed E-state index contributed by atoms with van der Waals surface area (Å²) in [7, 11) is 3.86. The van der Waals surface area contributed by atoms with Crippen molar-refractivity contribution in [3.05, 3.63) is 51.6 Å². The summed E-state index contributed by atoms with van der Waals surface area (Å²) < 4.78 is 5.52. The van der Waals surface area contributed by atoms with Gasteiger partial charge < -0.3 is 15.4 Å². The van der Waals surface area contributed by atoms with Gasteiger partial charge in [0.1, 0.15) is 5.75 Å². The van der Waals surface area contributed by atoms with Crippen LogP contribution < -0.4 is 10.5 Å². The van der Waals surface area contributed by atoms with Crippen LogP contribution in [0.1, 0.15) is 58.1 Å². The first-order valence-corrected chi connectivity index (χ1v) is 10.6. The molecule has 1 aromatic carbocycles. The predicted molar refractivity (Wildman–Crippen MR) is 117 cm³/mol. The van der Waals surface area contributed by atoms with E-state index in [2.05, 4.69) is 44.0 Å². The number of fused-ring (bicyclic) bond motifs is 3. The van der Waals surface area contributed by atoms with E-state index in [1.54, 1.807) is 7.11 Å². The van der Waals surface area contributed by atoms with Crippen molar-refractivity contribution in [1.29, 1.82) is 0 Å². The van der Waals surface area contributed by atoms with Gasteiger partial charge in [-0.1, -0.05) is 44.5 Å². The summed E-state index contributed by atoms with van der Waals surface area (Å²) in [6.45, 7) is 9.28. The number of hydrogen-bond donors (Lipinski definition) is 1. The molecule has 1 fully saturated rings. The van der Waals surface area contributed by atoms with E-state index in [9.17, 15) is 0 Å². The summed E-state index contributed by atoms with van der Waals surface area (Å²) in [4.78, 5) is 2.43.